The number of anilines is 2. The molecule has 88 valence electrons. The van der Waals surface area contributed by atoms with Crippen molar-refractivity contribution in [1.82, 2.24) is 4.98 Å². The summed E-state index contributed by atoms with van der Waals surface area (Å²) in [5.74, 6) is 0.0857. The van der Waals surface area contributed by atoms with E-state index in [0.717, 1.165) is 0 Å². The molecule has 1 aromatic carbocycles. The van der Waals surface area contributed by atoms with Crippen LogP contribution >= 0.6 is 39.1 Å². The van der Waals surface area contributed by atoms with Gasteiger partial charge in [-0.3, -0.25) is 0 Å². The molecule has 0 bridgehead atoms. The summed E-state index contributed by atoms with van der Waals surface area (Å²) in [6, 6.07) is 7.73. The second kappa shape index (κ2) is 5.21. The molecule has 0 unspecified atom stereocenters. The molecule has 6 heteroatoms. The highest BCUT2D eigenvalue weighted by molar-refractivity contribution is 9.10. The van der Waals surface area contributed by atoms with E-state index in [1.165, 1.54) is 12.1 Å². The molecule has 0 aliphatic rings. The normalized spacial score (nSPS) is 10.4. The van der Waals surface area contributed by atoms with E-state index < -0.39 is 5.82 Å². The number of aromatic nitrogens is 1. The predicted molar refractivity (Wildman–Crippen MR) is 71.6 cm³/mol. The SMILES string of the molecule is Fc1cc(Cl)c(Nc2cccc(Br)n2)c(Cl)c1. The maximum atomic E-state index is 13.0. The Bertz CT molecular complexity index is 540. The first-order valence-electron chi connectivity index (χ1n) is 4.60. The molecule has 0 spiro atoms. The molecule has 17 heavy (non-hydrogen) atoms. The van der Waals surface area contributed by atoms with Crippen LogP contribution in [0, 0.1) is 5.82 Å². The average molecular weight is 336 g/mol. The number of rotatable bonds is 2. The van der Waals surface area contributed by atoms with E-state index >= 15 is 0 Å². The molecule has 0 saturated carbocycles. The molecule has 2 nitrogen and oxygen atoms in total. The first kappa shape index (κ1) is 12.6. The molecule has 1 N–H and O–H groups in total. The summed E-state index contributed by atoms with van der Waals surface area (Å²) in [7, 11) is 0. The third-order valence-electron chi connectivity index (χ3n) is 1.98. The molecule has 0 amide bonds. The van der Waals surface area contributed by atoms with Gasteiger partial charge in [0.1, 0.15) is 16.2 Å². The van der Waals surface area contributed by atoms with Crippen LogP contribution in [-0.4, -0.2) is 4.98 Å². The molecule has 2 rings (SSSR count). The van der Waals surface area contributed by atoms with Gasteiger partial charge < -0.3 is 5.32 Å². The number of halogens is 4. The van der Waals surface area contributed by atoms with Crippen LogP contribution in [0.2, 0.25) is 10.0 Å². The molecule has 0 fully saturated rings. The molecule has 0 aliphatic heterocycles. The minimum Gasteiger partial charge on any atom is -0.338 e. The van der Waals surface area contributed by atoms with Crippen LogP contribution in [0.15, 0.2) is 34.9 Å². The van der Waals surface area contributed by atoms with Crippen molar-refractivity contribution < 1.29 is 4.39 Å². The van der Waals surface area contributed by atoms with E-state index in [-0.39, 0.29) is 10.0 Å². The minimum atomic E-state index is -0.479. The summed E-state index contributed by atoms with van der Waals surface area (Å²) in [5.41, 5.74) is 0.431. The second-order valence-corrected chi connectivity index (χ2v) is 4.84. The Hall–Kier alpha value is -0.840. The number of hydrogen-bond acceptors (Lipinski definition) is 2. The maximum Gasteiger partial charge on any atom is 0.131 e. The van der Waals surface area contributed by atoms with Gasteiger partial charge in [-0.25, -0.2) is 9.37 Å². The van der Waals surface area contributed by atoms with Gasteiger partial charge in [-0.1, -0.05) is 29.3 Å². The van der Waals surface area contributed by atoms with Crippen LogP contribution < -0.4 is 5.32 Å². The minimum absolute atomic E-state index is 0.205. The Morgan fingerprint density at radius 3 is 2.41 bits per heavy atom. The van der Waals surface area contributed by atoms with Gasteiger partial charge in [0.2, 0.25) is 0 Å². The fourth-order valence-corrected chi connectivity index (χ4v) is 2.17. The number of nitrogens with zero attached hydrogens (tertiary/aromatic N) is 1. The fourth-order valence-electron chi connectivity index (χ4n) is 1.27. The lowest BCUT2D eigenvalue weighted by molar-refractivity contribution is 0.628. The van der Waals surface area contributed by atoms with Crippen LogP contribution in [0.25, 0.3) is 0 Å². The Morgan fingerprint density at radius 2 is 1.82 bits per heavy atom. The number of hydrogen-bond donors (Lipinski definition) is 1. The zero-order valence-corrected chi connectivity index (χ0v) is 11.4. The largest absolute Gasteiger partial charge is 0.338 e. The summed E-state index contributed by atoms with van der Waals surface area (Å²) in [5, 5.41) is 3.35. The van der Waals surface area contributed by atoms with E-state index in [1.54, 1.807) is 12.1 Å². The number of benzene rings is 1. The van der Waals surface area contributed by atoms with Crippen molar-refractivity contribution in [3.05, 3.63) is 50.8 Å². The lowest BCUT2D eigenvalue weighted by atomic mass is 10.3. The standard InChI is InChI=1S/C11H6BrCl2FN2/c12-9-2-1-3-10(16-9)17-11-7(13)4-6(15)5-8(11)14/h1-5H,(H,16,17). The van der Waals surface area contributed by atoms with Gasteiger partial charge in [-0.15, -0.1) is 0 Å². The van der Waals surface area contributed by atoms with E-state index in [0.29, 0.717) is 16.1 Å². The van der Waals surface area contributed by atoms with Crippen LogP contribution in [-0.2, 0) is 0 Å². The van der Waals surface area contributed by atoms with Gasteiger partial charge in [-0.2, -0.15) is 0 Å². The van der Waals surface area contributed by atoms with Crippen LogP contribution in [0.4, 0.5) is 15.9 Å². The lowest BCUT2D eigenvalue weighted by Gasteiger charge is -2.09. The van der Waals surface area contributed by atoms with Crippen molar-refractivity contribution in [3.8, 4) is 0 Å². The number of nitrogens with one attached hydrogen (secondary N) is 1. The summed E-state index contributed by atoms with van der Waals surface area (Å²) in [6.07, 6.45) is 0. The van der Waals surface area contributed by atoms with Crippen molar-refractivity contribution in [3.63, 3.8) is 0 Å². The molecule has 0 aliphatic carbocycles. The zero-order valence-electron chi connectivity index (χ0n) is 8.35. The molecule has 1 aromatic heterocycles. The van der Waals surface area contributed by atoms with Gasteiger partial charge in [0.25, 0.3) is 0 Å². The maximum absolute atomic E-state index is 13.0. The first-order chi connectivity index (χ1) is 8.06. The van der Waals surface area contributed by atoms with Crippen LogP contribution in [0.1, 0.15) is 0 Å². The summed E-state index contributed by atoms with van der Waals surface area (Å²) >= 11 is 15.0. The molecular formula is C11H6BrCl2FN2. The highest BCUT2D eigenvalue weighted by Crippen LogP contribution is 2.33. The molecule has 0 atom stereocenters. The monoisotopic (exact) mass is 334 g/mol. The van der Waals surface area contributed by atoms with Gasteiger partial charge in [0, 0.05) is 0 Å². The van der Waals surface area contributed by atoms with E-state index in [1.807, 2.05) is 6.07 Å². The molecule has 0 radical (unpaired) electrons. The van der Waals surface area contributed by atoms with Crippen molar-refractivity contribution in [2.24, 2.45) is 0 Å². The van der Waals surface area contributed by atoms with Gasteiger partial charge >= 0.3 is 0 Å². The van der Waals surface area contributed by atoms with Crippen molar-refractivity contribution in [2.75, 3.05) is 5.32 Å². The molecular weight excluding hydrogens is 330 g/mol. The summed E-state index contributed by atoms with van der Waals surface area (Å²) in [6.45, 7) is 0. The van der Waals surface area contributed by atoms with Crippen molar-refractivity contribution in [2.45, 2.75) is 0 Å². The quantitative estimate of drug-likeness (QED) is 0.778. The summed E-state index contributed by atoms with van der Waals surface area (Å²) in [4.78, 5) is 4.17. The zero-order chi connectivity index (χ0) is 12.4. The summed E-state index contributed by atoms with van der Waals surface area (Å²) < 4.78 is 13.7. The Balaban J connectivity index is 2.36. The fraction of sp³-hybridized carbons (Fsp3) is 0. The van der Waals surface area contributed by atoms with Crippen LogP contribution in [0.5, 0.6) is 0 Å². The Morgan fingerprint density at radius 1 is 1.18 bits per heavy atom. The highest BCUT2D eigenvalue weighted by atomic mass is 79.9. The van der Waals surface area contributed by atoms with Crippen molar-refractivity contribution >= 4 is 50.6 Å². The first-order valence-corrected chi connectivity index (χ1v) is 6.15. The van der Waals surface area contributed by atoms with Gasteiger partial charge in [0.05, 0.1) is 15.7 Å². The number of pyridine rings is 1. The molecule has 0 saturated heterocycles. The highest BCUT2D eigenvalue weighted by Gasteiger charge is 2.09. The van der Waals surface area contributed by atoms with Gasteiger partial charge in [-0.05, 0) is 40.2 Å². The Kier molecular flexibility index (Phi) is 3.86. The van der Waals surface area contributed by atoms with Crippen molar-refractivity contribution in [1.29, 1.82) is 0 Å². The molecule has 2 aromatic rings. The van der Waals surface area contributed by atoms with Crippen LogP contribution in [0.3, 0.4) is 0 Å². The lowest BCUT2D eigenvalue weighted by Crippen LogP contribution is -1.95. The van der Waals surface area contributed by atoms with E-state index in [2.05, 4.69) is 26.2 Å². The Labute approximate surface area is 116 Å². The topological polar surface area (TPSA) is 24.9 Å². The smallest absolute Gasteiger partial charge is 0.131 e. The third kappa shape index (κ3) is 3.09. The van der Waals surface area contributed by atoms with E-state index in [9.17, 15) is 4.39 Å². The van der Waals surface area contributed by atoms with E-state index in [4.69, 9.17) is 23.2 Å². The second-order valence-electron chi connectivity index (χ2n) is 3.21. The molecule has 1 heterocycles. The van der Waals surface area contributed by atoms with Gasteiger partial charge in [0.15, 0.2) is 0 Å². The average Bonchev–Trinajstić information content (AvgIpc) is 2.23. The predicted octanol–water partition coefficient (Wildman–Crippen LogP) is 5.03. The third-order valence-corrected chi connectivity index (χ3v) is 3.01.